The number of nitrogens with two attached hydrogens (primary N) is 1. The van der Waals surface area contributed by atoms with E-state index in [0.29, 0.717) is 12.5 Å². The van der Waals surface area contributed by atoms with Crippen LogP contribution in [-0.2, 0) is 9.84 Å². The van der Waals surface area contributed by atoms with Crippen LogP contribution in [0.5, 0.6) is 0 Å². The first-order valence-electron chi connectivity index (χ1n) is 6.02. The summed E-state index contributed by atoms with van der Waals surface area (Å²) in [6, 6.07) is 5.93. The molecule has 1 aliphatic carbocycles. The van der Waals surface area contributed by atoms with Crippen LogP contribution in [0.3, 0.4) is 0 Å². The molecule has 1 aromatic rings. The number of nitrogens with one attached hydrogen (secondary N) is 1. The van der Waals surface area contributed by atoms with E-state index in [4.69, 9.17) is 5.73 Å². The van der Waals surface area contributed by atoms with Crippen LogP contribution in [0.4, 0.5) is 14.5 Å². The Morgan fingerprint density at radius 3 is 2.53 bits per heavy atom. The van der Waals surface area contributed by atoms with Crippen molar-refractivity contribution in [1.82, 2.24) is 0 Å². The zero-order valence-electron chi connectivity index (χ0n) is 10.2. The van der Waals surface area contributed by atoms with Crippen molar-refractivity contribution in [3.05, 3.63) is 24.3 Å². The highest BCUT2D eigenvalue weighted by atomic mass is 32.2. The van der Waals surface area contributed by atoms with Crippen LogP contribution >= 0.6 is 0 Å². The summed E-state index contributed by atoms with van der Waals surface area (Å²) in [6.07, 6.45) is 1.74. The molecular formula is C12H16F2N2O2S. The Balaban J connectivity index is 2.13. The molecule has 106 valence electrons. The third kappa shape index (κ3) is 3.03. The Hall–Kier alpha value is -1.21. The lowest BCUT2D eigenvalue weighted by Crippen LogP contribution is -2.39. The summed E-state index contributed by atoms with van der Waals surface area (Å²) in [5, 5.41) is 2.93. The van der Waals surface area contributed by atoms with Crippen molar-refractivity contribution < 1.29 is 17.2 Å². The predicted molar refractivity (Wildman–Crippen MR) is 68.8 cm³/mol. The minimum Gasteiger partial charge on any atom is -0.384 e. The maximum Gasteiger partial charge on any atom is 0.341 e. The maximum absolute atomic E-state index is 12.6. The highest BCUT2D eigenvalue weighted by molar-refractivity contribution is 7.91. The van der Waals surface area contributed by atoms with Gasteiger partial charge in [-0.2, -0.15) is 8.78 Å². The zero-order chi connectivity index (χ0) is 14.0. The normalized spacial score (nSPS) is 23.2. The molecule has 0 heterocycles. The molecule has 1 aliphatic rings. The number of para-hydroxylation sites is 1. The number of sulfone groups is 1. The summed E-state index contributed by atoms with van der Waals surface area (Å²) in [5.41, 5.74) is 5.88. The molecule has 0 bridgehead atoms. The molecule has 0 amide bonds. The molecule has 3 N–H and O–H groups in total. The molecule has 1 fully saturated rings. The van der Waals surface area contributed by atoms with Crippen molar-refractivity contribution in [3.63, 3.8) is 0 Å². The molecular weight excluding hydrogens is 274 g/mol. The molecule has 0 atom stereocenters. The first-order chi connectivity index (χ1) is 8.91. The van der Waals surface area contributed by atoms with Crippen molar-refractivity contribution in [2.75, 3.05) is 11.9 Å². The molecule has 0 aromatic heterocycles. The van der Waals surface area contributed by atoms with Gasteiger partial charge in [-0.3, -0.25) is 0 Å². The van der Waals surface area contributed by atoms with Crippen molar-refractivity contribution in [3.8, 4) is 0 Å². The lowest BCUT2D eigenvalue weighted by atomic mass is 9.81. The van der Waals surface area contributed by atoms with Crippen LogP contribution in [0.2, 0.25) is 0 Å². The fourth-order valence-corrected chi connectivity index (χ4v) is 3.07. The third-order valence-corrected chi connectivity index (χ3v) is 4.72. The van der Waals surface area contributed by atoms with E-state index in [2.05, 4.69) is 5.32 Å². The molecule has 0 radical (unpaired) electrons. The van der Waals surface area contributed by atoms with Crippen LogP contribution in [0.25, 0.3) is 0 Å². The van der Waals surface area contributed by atoms with Crippen LogP contribution < -0.4 is 11.1 Å². The molecule has 1 saturated carbocycles. The van der Waals surface area contributed by atoms with Gasteiger partial charge < -0.3 is 11.1 Å². The predicted octanol–water partition coefficient (Wildman–Crippen LogP) is 1.83. The average Bonchev–Trinajstić information content (AvgIpc) is 2.33. The van der Waals surface area contributed by atoms with Gasteiger partial charge in [-0.15, -0.1) is 0 Å². The first-order valence-corrected chi connectivity index (χ1v) is 7.56. The monoisotopic (exact) mass is 290 g/mol. The van der Waals surface area contributed by atoms with E-state index in [9.17, 15) is 17.2 Å². The second-order valence-electron chi connectivity index (χ2n) is 4.78. The molecule has 0 unspecified atom stereocenters. The molecule has 0 spiro atoms. The van der Waals surface area contributed by atoms with Crippen LogP contribution in [0.15, 0.2) is 29.2 Å². The van der Waals surface area contributed by atoms with E-state index < -0.39 is 15.6 Å². The highest BCUT2D eigenvalue weighted by Crippen LogP contribution is 2.29. The Bertz CT molecular complexity index is 542. The number of hydrogen-bond donors (Lipinski definition) is 2. The van der Waals surface area contributed by atoms with E-state index >= 15 is 0 Å². The summed E-state index contributed by atoms with van der Waals surface area (Å²) in [4.78, 5) is -0.353. The molecule has 2 rings (SSSR count). The molecule has 0 saturated heterocycles. The van der Waals surface area contributed by atoms with Gasteiger partial charge in [0.05, 0.1) is 10.6 Å². The Morgan fingerprint density at radius 2 is 1.95 bits per heavy atom. The van der Waals surface area contributed by atoms with Gasteiger partial charge in [0.15, 0.2) is 0 Å². The Morgan fingerprint density at radius 1 is 1.32 bits per heavy atom. The zero-order valence-corrected chi connectivity index (χ0v) is 11.0. The molecule has 7 heteroatoms. The summed E-state index contributed by atoms with van der Waals surface area (Å²) in [5.74, 6) is -3.04. The fraction of sp³-hybridized carbons (Fsp3) is 0.500. The van der Waals surface area contributed by atoms with Crippen molar-refractivity contribution in [1.29, 1.82) is 0 Å². The number of benzene rings is 1. The third-order valence-electron chi connectivity index (χ3n) is 3.28. The lowest BCUT2D eigenvalue weighted by molar-refractivity contribution is 0.235. The van der Waals surface area contributed by atoms with Gasteiger partial charge in [-0.1, -0.05) is 12.1 Å². The summed E-state index contributed by atoms with van der Waals surface area (Å²) >= 11 is 0. The SMILES string of the molecule is NC1CC(CNc2ccccc2S(=O)(=O)C(F)F)C1. The van der Waals surface area contributed by atoms with Gasteiger partial charge in [-0.05, 0) is 30.9 Å². The van der Waals surface area contributed by atoms with E-state index in [1.807, 2.05) is 0 Å². The standard InChI is InChI=1S/C12H16F2N2O2S/c13-12(14)19(17,18)11-4-2-1-3-10(11)16-7-8-5-9(15)6-8/h1-4,8-9,12,16H,5-7,15H2. The van der Waals surface area contributed by atoms with Gasteiger partial charge in [0.2, 0.25) is 9.84 Å². The number of alkyl halides is 2. The van der Waals surface area contributed by atoms with Gasteiger partial charge >= 0.3 is 5.76 Å². The van der Waals surface area contributed by atoms with Crippen LogP contribution in [0.1, 0.15) is 12.8 Å². The van der Waals surface area contributed by atoms with Gasteiger partial charge in [0.1, 0.15) is 0 Å². The molecule has 4 nitrogen and oxygen atoms in total. The second kappa shape index (κ2) is 5.42. The summed E-state index contributed by atoms with van der Waals surface area (Å²) in [6.45, 7) is 0.545. The van der Waals surface area contributed by atoms with E-state index in [-0.39, 0.29) is 16.6 Å². The maximum atomic E-state index is 12.6. The van der Waals surface area contributed by atoms with Gasteiger partial charge in [-0.25, -0.2) is 8.42 Å². The quantitative estimate of drug-likeness (QED) is 0.868. The second-order valence-corrected chi connectivity index (χ2v) is 6.67. The topological polar surface area (TPSA) is 72.2 Å². The number of anilines is 1. The number of rotatable bonds is 5. The van der Waals surface area contributed by atoms with Crippen LogP contribution in [-0.4, -0.2) is 26.8 Å². The van der Waals surface area contributed by atoms with E-state index in [0.717, 1.165) is 12.8 Å². The Kier molecular flexibility index (Phi) is 4.05. The number of halogens is 2. The fourth-order valence-electron chi connectivity index (χ4n) is 2.16. The lowest BCUT2D eigenvalue weighted by Gasteiger charge is -2.32. The minimum absolute atomic E-state index is 0.201. The van der Waals surface area contributed by atoms with Crippen molar-refractivity contribution in [2.45, 2.75) is 29.5 Å². The Labute approximate surface area is 110 Å². The highest BCUT2D eigenvalue weighted by Gasteiger charge is 2.30. The molecule has 0 aliphatic heterocycles. The van der Waals surface area contributed by atoms with E-state index in [1.54, 1.807) is 6.07 Å². The van der Waals surface area contributed by atoms with Crippen molar-refractivity contribution in [2.24, 2.45) is 11.7 Å². The average molecular weight is 290 g/mol. The van der Waals surface area contributed by atoms with Crippen molar-refractivity contribution >= 4 is 15.5 Å². The smallest absolute Gasteiger partial charge is 0.341 e. The summed E-state index contributed by atoms with van der Waals surface area (Å²) < 4.78 is 48.2. The van der Waals surface area contributed by atoms with E-state index in [1.165, 1.54) is 18.2 Å². The van der Waals surface area contributed by atoms with Crippen LogP contribution in [0, 0.1) is 5.92 Å². The van der Waals surface area contributed by atoms with Gasteiger partial charge in [0.25, 0.3) is 0 Å². The minimum atomic E-state index is -4.58. The largest absolute Gasteiger partial charge is 0.384 e. The van der Waals surface area contributed by atoms with Gasteiger partial charge in [0, 0.05) is 12.6 Å². The first kappa shape index (κ1) is 14.2. The number of hydrogen-bond acceptors (Lipinski definition) is 4. The summed E-state index contributed by atoms with van der Waals surface area (Å²) in [7, 11) is -4.58. The molecule has 1 aromatic carbocycles. The molecule has 19 heavy (non-hydrogen) atoms.